The molecule has 0 bridgehead atoms. The molecule has 0 radical (unpaired) electrons. The van der Waals surface area contributed by atoms with Gasteiger partial charge in [0.25, 0.3) is 0 Å². The summed E-state index contributed by atoms with van der Waals surface area (Å²) < 4.78 is 13.1. The van der Waals surface area contributed by atoms with E-state index in [0.717, 1.165) is 11.8 Å². The van der Waals surface area contributed by atoms with Crippen LogP contribution in [-0.4, -0.2) is 15.1 Å². The fraction of sp³-hybridized carbons (Fsp3) is 0.0909. The van der Waals surface area contributed by atoms with Gasteiger partial charge in [-0.3, -0.25) is 9.97 Å². The minimum absolute atomic E-state index is 0.247. The third-order valence-electron chi connectivity index (χ3n) is 2.08. The molecular weight excluding hydrogens is 195 g/mol. The summed E-state index contributed by atoms with van der Waals surface area (Å²) in [6, 6.07) is 5.09. The highest BCUT2D eigenvalue weighted by atomic mass is 19.1. The molecule has 15 heavy (non-hydrogen) atoms. The molecule has 0 atom stereocenters. The maximum atomic E-state index is 13.1. The summed E-state index contributed by atoms with van der Waals surface area (Å²) in [5.41, 5.74) is 1.72. The van der Waals surface area contributed by atoms with Gasteiger partial charge in [0.2, 0.25) is 0 Å². The number of halogens is 1. The van der Waals surface area contributed by atoms with Gasteiger partial charge >= 0.3 is 0 Å². The summed E-state index contributed by atoms with van der Waals surface area (Å²) in [5, 5.41) is 8.91. The monoisotopic (exact) mass is 204 g/mol. The summed E-state index contributed by atoms with van der Waals surface area (Å²) in [4.78, 5) is 7.82. The number of rotatable bonds is 2. The van der Waals surface area contributed by atoms with Crippen molar-refractivity contribution in [1.29, 1.82) is 0 Å². The lowest BCUT2D eigenvalue weighted by atomic mass is 10.1. The number of pyridine rings is 2. The zero-order valence-corrected chi connectivity index (χ0v) is 7.89. The summed E-state index contributed by atoms with van der Waals surface area (Å²) >= 11 is 0. The molecule has 0 fully saturated rings. The molecule has 0 aliphatic heterocycles. The molecule has 0 saturated carbocycles. The molecular formula is C11H9FN2O. The van der Waals surface area contributed by atoms with Gasteiger partial charge in [0.1, 0.15) is 5.82 Å². The molecule has 0 amide bonds. The number of aromatic nitrogens is 2. The maximum Gasteiger partial charge on any atom is 0.147 e. The van der Waals surface area contributed by atoms with Gasteiger partial charge in [0, 0.05) is 23.5 Å². The molecule has 0 aliphatic rings. The molecule has 0 unspecified atom stereocenters. The van der Waals surface area contributed by atoms with Crippen molar-refractivity contribution >= 4 is 0 Å². The highest BCUT2D eigenvalue weighted by Crippen LogP contribution is 2.18. The first kappa shape index (κ1) is 9.73. The minimum atomic E-state index is -0.490. The van der Waals surface area contributed by atoms with E-state index in [9.17, 15) is 4.39 Å². The smallest absolute Gasteiger partial charge is 0.147 e. The number of aliphatic hydroxyl groups is 1. The van der Waals surface area contributed by atoms with E-state index in [1.807, 2.05) is 0 Å². The van der Waals surface area contributed by atoms with Gasteiger partial charge in [-0.05, 0) is 18.2 Å². The molecule has 2 rings (SSSR count). The molecule has 4 heteroatoms. The standard InChI is InChI=1S/C11H9FN2O/c12-10-6-14-11(5-9(10)7-15)8-1-3-13-4-2-8/h1-6,15H,7H2. The molecule has 76 valence electrons. The zero-order chi connectivity index (χ0) is 10.7. The number of hydrogen-bond donors (Lipinski definition) is 1. The van der Waals surface area contributed by atoms with Crippen LogP contribution in [0.15, 0.2) is 36.8 Å². The predicted molar refractivity (Wildman–Crippen MR) is 53.3 cm³/mol. The van der Waals surface area contributed by atoms with Crippen molar-refractivity contribution in [3.05, 3.63) is 48.2 Å². The van der Waals surface area contributed by atoms with E-state index in [0.29, 0.717) is 5.69 Å². The van der Waals surface area contributed by atoms with Crippen molar-refractivity contribution in [2.75, 3.05) is 0 Å². The highest BCUT2D eigenvalue weighted by molar-refractivity contribution is 5.58. The van der Waals surface area contributed by atoms with Gasteiger partial charge in [-0.25, -0.2) is 4.39 Å². The summed E-state index contributed by atoms with van der Waals surface area (Å²) in [6.07, 6.45) is 4.39. The Morgan fingerprint density at radius 1 is 1.27 bits per heavy atom. The van der Waals surface area contributed by atoms with Crippen LogP contribution >= 0.6 is 0 Å². The molecule has 1 N–H and O–H groups in total. The molecule has 0 aliphatic carbocycles. The fourth-order valence-electron chi connectivity index (χ4n) is 1.28. The van der Waals surface area contributed by atoms with Gasteiger partial charge < -0.3 is 5.11 Å². The van der Waals surface area contributed by atoms with Crippen LogP contribution < -0.4 is 0 Å². The van der Waals surface area contributed by atoms with Crippen LogP contribution in [0.25, 0.3) is 11.3 Å². The molecule has 3 nitrogen and oxygen atoms in total. The Morgan fingerprint density at radius 2 is 2.00 bits per heavy atom. The first-order valence-corrected chi connectivity index (χ1v) is 4.47. The Bertz CT molecular complexity index is 459. The Balaban J connectivity index is 2.46. The summed E-state index contributed by atoms with van der Waals surface area (Å²) in [7, 11) is 0. The molecule has 0 saturated heterocycles. The minimum Gasteiger partial charge on any atom is -0.392 e. The second-order valence-electron chi connectivity index (χ2n) is 3.05. The quantitative estimate of drug-likeness (QED) is 0.810. The Morgan fingerprint density at radius 3 is 2.67 bits per heavy atom. The topological polar surface area (TPSA) is 46.0 Å². The second kappa shape index (κ2) is 4.14. The third-order valence-corrected chi connectivity index (χ3v) is 2.08. The van der Waals surface area contributed by atoms with Gasteiger partial charge in [-0.2, -0.15) is 0 Å². The summed E-state index contributed by atoms with van der Waals surface area (Å²) in [5.74, 6) is -0.490. The number of hydrogen-bond acceptors (Lipinski definition) is 3. The van der Waals surface area contributed by atoms with Crippen LogP contribution in [0.3, 0.4) is 0 Å². The third kappa shape index (κ3) is 1.99. The van der Waals surface area contributed by atoms with Crippen LogP contribution in [0.4, 0.5) is 4.39 Å². The van der Waals surface area contributed by atoms with E-state index in [4.69, 9.17) is 5.11 Å². The van der Waals surface area contributed by atoms with Crippen LogP contribution in [0, 0.1) is 5.82 Å². The highest BCUT2D eigenvalue weighted by Gasteiger charge is 2.05. The molecule has 0 spiro atoms. The van der Waals surface area contributed by atoms with Crippen LogP contribution in [0.2, 0.25) is 0 Å². The van der Waals surface area contributed by atoms with Gasteiger partial charge in [0.05, 0.1) is 18.5 Å². The van der Waals surface area contributed by atoms with Crippen LogP contribution in [0.1, 0.15) is 5.56 Å². The van der Waals surface area contributed by atoms with Crippen LogP contribution in [0.5, 0.6) is 0 Å². The van der Waals surface area contributed by atoms with E-state index in [2.05, 4.69) is 9.97 Å². The van der Waals surface area contributed by atoms with Crippen LogP contribution in [-0.2, 0) is 6.61 Å². The first-order chi connectivity index (χ1) is 7.31. The Hall–Kier alpha value is -1.81. The van der Waals surface area contributed by atoms with Gasteiger partial charge in [0.15, 0.2) is 0 Å². The van der Waals surface area contributed by atoms with Crippen molar-refractivity contribution in [1.82, 2.24) is 9.97 Å². The van der Waals surface area contributed by atoms with E-state index in [1.165, 1.54) is 6.07 Å². The molecule has 2 heterocycles. The van der Waals surface area contributed by atoms with Gasteiger partial charge in [-0.15, -0.1) is 0 Å². The first-order valence-electron chi connectivity index (χ1n) is 4.47. The van der Waals surface area contributed by atoms with E-state index >= 15 is 0 Å². The SMILES string of the molecule is OCc1cc(-c2ccncc2)ncc1F. The number of aliphatic hydroxyl groups excluding tert-OH is 1. The zero-order valence-electron chi connectivity index (χ0n) is 7.89. The van der Waals surface area contributed by atoms with Crippen molar-refractivity contribution in [2.45, 2.75) is 6.61 Å². The van der Waals surface area contributed by atoms with Gasteiger partial charge in [-0.1, -0.05) is 0 Å². The van der Waals surface area contributed by atoms with E-state index < -0.39 is 5.82 Å². The van der Waals surface area contributed by atoms with Crippen molar-refractivity contribution < 1.29 is 9.50 Å². The second-order valence-corrected chi connectivity index (χ2v) is 3.05. The van der Waals surface area contributed by atoms with Crippen molar-refractivity contribution in [2.24, 2.45) is 0 Å². The maximum absolute atomic E-state index is 13.1. The average molecular weight is 204 g/mol. The Labute approximate surface area is 86.3 Å². The van der Waals surface area contributed by atoms with Crippen molar-refractivity contribution in [3.63, 3.8) is 0 Å². The van der Waals surface area contributed by atoms with E-state index in [1.54, 1.807) is 24.5 Å². The molecule has 2 aromatic heterocycles. The molecule has 2 aromatic rings. The number of nitrogens with zero attached hydrogens (tertiary/aromatic N) is 2. The summed E-state index contributed by atoms with van der Waals surface area (Å²) in [6.45, 7) is -0.327. The largest absolute Gasteiger partial charge is 0.392 e. The fourth-order valence-corrected chi connectivity index (χ4v) is 1.28. The Kier molecular flexibility index (Phi) is 2.69. The molecule has 0 aromatic carbocycles. The lowest BCUT2D eigenvalue weighted by molar-refractivity contribution is 0.275. The van der Waals surface area contributed by atoms with E-state index in [-0.39, 0.29) is 12.2 Å². The lowest BCUT2D eigenvalue weighted by Crippen LogP contribution is -1.93. The predicted octanol–water partition coefficient (Wildman–Crippen LogP) is 1.77. The average Bonchev–Trinajstić information content (AvgIpc) is 2.31. The van der Waals surface area contributed by atoms with Crippen molar-refractivity contribution in [3.8, 4) is 11.3 Å². The normalized spacial score (nSPS) is 10.3. The lowest BCUT2D eigenvalue weighted by Gasteiger charge is -2.03.